The van der Waals surface area contributed by atoms with E-state index in [9.17, 15) is 0 Å². The maximum Gasteiger partial charge on any atom is 0.0991 e. The Morgan fingerprint density at radius 3 is 3.00 bits per heavy atom. The molecule has 0 spiro atoms. The molecule has 0 aliphatic carbocycles. The summed E-state index contributed by atoms with van der Waals surface area (Å²) in [6.45, 7) is 8.12. The highest BCUT2D eigenvalue weighted by Crippen LogP contribution is 2.22. The second-order valence-corrected chi connectivity index (χ2v) is 6.61. The number of hydrogen-bond donors (Lipinski definition) is 1. The topological polar surface area (TPSA) is 33.1 Å². The standard InChI is InChI=1S/C19H28N4/c1-3-4-10-22-11-5-6-17(14-22)21-19-8-7-18(13-16(19)2)23-12-9-20-15-23/h7-9,12-13,15,17,21H,3-6,10-11,14H2,1-2H3. The van der Waals surface area contributed by atoms with Gasteiger partial charge in [-0.25, -0.2) is 4.98 Å². The number of nitrogens with zero attached hydrogens (tertiary/aromatic N) is 3. The lowest BCUT2D eigenvalue weighted by atomic mass is 10.0. The van der Waals surface area contributed by atoms with Crippen LogP contribution in [0.15, 0.2) is 36.9 Å². The average molecular weight is 312 g/mol. The van der Waals surface area contributed by atoms with Gasteiger partial charge in [0.05, 0.1) is 6.33 Å². The van der Waals surface area contributed by atoms with E-state index in [1.807, 2.05) is 23.3 Å². The first-order chi connectivity index (χ1) is 11.3. The molecule has 1 saturated heterocycles. The fourth-order valence-electron chi connectivity index (χ4n) is 3.36. The first-order valence-electron chi connectivity index (χ1n) is 8.84. The first-order valence-corrected chi connectivity index (χ1v) is 8.84. The van der Waals surface area contributed by atoms with Crippen LogP contribution in [0.4, 0.5) is 5.69 Å². The SMILES string of the molecule is CCCCN1CCCC(Nc2ccc(-n3ccnc3)cc2C)C1. The van der Waals surface area contributed by atoms with Gasteiger partial charge in [-0.05, 0) is 63.0 Å². The van der Waals surface area contributed by atoms with Gasteiger partial charge in [0, 0.05) is 36.4 Å². The van der Waals surface area contributed by atoms with Crippen molar-refractivity contribution in [3.8, 4) is 5.69 Å². The van der Waals surface area contributed by atoms with Gasteiger partial charge in [0.2, 0.25) is 0 Å². The smallest absolute Gasteiger partial charge is 0.0991 e. The Morgan fingerprint density at radius 2 is 2.26 bits per heavy atom. The van der Waals surface area contributed by atoms with Gasteiger partial charge in [0.15, 0.2) is 0 Å². The third-order valence-corrected chi connectivity index (χ3v) is 4.71. The van der Waals surface area contributed by atoms with Crippen LogP contribution in [0.1, 0.15) is 38.2 Å². The number of nitrogens with one attached hydrogen (secondary N) is 1. The Labute approximate surface area is 139 Å². The fraction of sp³-hybridized carbons (Fsp3) is 0.526. The number of benzene rings is 1. The van der Waals surface area contributed by atoms with E-state index in [0.29, 0.717) is 6.04 Å². The summed E-state index contributed by atoms with van der Waals surface area (Å²) in [6.07, 6.45) is 10.8. The van der Waals surface area contributed by atoms with Crippen LogP contribution in [0.25, 0.3) is 5.69 Å². The van der Waals surface area contributed by atoms with Crippen LogP contribution in [0, 0.1) is 6.92 Å². The van der Waals surface area contributed by atoms with E-state index in [1.54, 1.807) is 0 Å². The van der Waals surface area contributed by atoms with Crippen molar-refractivity contribution in [2.75, 3.05) is 25.0 Å². The van der Waals surface area contributed by atoms with E-state index in [1.165, 1.54) is 62.3 Å². The van der Waals surface area contributed by atoms with Gasteiger partial charge in [-0.15, -0.1) is 0 Å². The molecule has 3 rings (SSSR count). The number of imidazole rings is 1. The van der Waals surface area contributed by atoms with Crippen molar-refractivity contribution in [3.05, 3.63) is 42.5 Å². The van der Waals surface area contributed by atoms with E-state index >= 15 is 0 Å². The van der Waals surface area contributed by atoms with Gasteiger partial charge in [0.25, 0.3) is 0 Å². The zero-order valence-corrected chi connectivity index (χ0v) is 14.3. The molecule has 0 radical (unpaired) electrons. The van der Waals surface area contributed by atoms with Crippen LogP contribution in [0.2, 0.25) is 0 Å². The third kappa shape index (κ3) is 4.14. The van der Waals surface area contributed by atoms with Crippen LogP contribution < -0.4 is 5.32 Å². The Hall–Kier alpha value is -1.81. The van der Waals surface area contributed by atoms with Crippen molar-refractivity contribution in [3.63, 3.8) is 0 Å². The number of unbranched alkanes of at least 4 members (excludes halogenated alkanes) is 1. The summed E-state index contributed by atoms with van der Waals surface area (Å²) >= 11 is 0. The Morgan fingerprint density at radius 1 is 1.35 bits per heavy atom. The van der Waals surface area contributed by atoms with Gasteiger partial charge in [-0.1, -0.05) is 13.3 Å². The number of piperidine rings is 1. The van der Waals surface area contributed by atoms with Gasteiger partial charge < -0.3 is 14.8 Å². The minimum atomic E-state index is 0.568. The highest BCUT2D eigenvalue weighted by atomic mass is 15.2. The molecule has 1 fully saturated rings. The van der Waals surface area contributed by atoms with E-state index in [2.05, 4.69) is 47.2 Å². The molecule has 0 saturated carbocycles. The maximum absolute atomic E-state index is 4.12. The number of likely N-dealkylation sites (tertiary alicyclic amines) is 1. The highest BCUT2D eigenvalue weighted by Gasteiger charge is 2.19. The summed E-state index contributed by atoms with van der Waals surface area (Å²) in [7, 11) is 0. The van der Waals surface area contributed by atoms with Crippen molar-refractivity contribution >= 4 is 5.69 Å². The number of anilines is 1. The number of aryl methyl sites for hydroxylation is 1. The molecule has 2 heterocycles. The minimum Gasteiger partial charge on any atom is -0.381 e. The van der Waals surface area contributed by atoms with Crippen molar-refractivity contribution in [1.29, 1.82) is 0 Å². The van der Waals surface area contributed by atoms with Gasteiger partial charge in [0.1, 0.15) is 0 Å². The van der Waals surface area contributed by atoms with E-state index in [0.717, 1.165) is 0 Å². The molecule has 1 aliphatic rings. The van der Waals surface area contributed by atoms with Gasteiger partial charge >= 0.3 is 0 Å². The summed E-state index contributed by atoms with van der Waals surface area (Å²) < 4.78 is 2.05. The Kier molecular flexibility index (Phi) is 5.34. The molecule has 1 N–H and O–H groups in total. The predicted molar refractivity (Wildman–Crippen MR) is 96.3 cm³/mol. The molecule has 4 nitrogen and oxygen atoms in total. The molecule has 2 aromatic rings. The van der Waals surface area contributed by atoms with Crippen molar-refractivity contribution in [2.24, 2.45) is 0 Å². The molecule has 0 amide bonds. The van der Waals surface area contributed by atoms with Crippen LogP contribution in [-0.4, -0.2) is 40.1 Å². The maximum atomic E-state index is 4.12. The van der Waals surface area contributed by atoms with Crippen LogP contribution >= 0.6 is 0 Å². The summed E-state index contributed by atoms with van der Waals surface area (Å²) in [4.78, 5) is 6.73. The molecular weight excluding hydrogens is 284 g/mol. The third-order valence-electron chi connectivity index (χ3n) is 4.71. The van der Waals surface area contributed by atoms with Gasteiger partial charge in [-0.2, -0.15) is 0 Å². The molecule has 4 heteroatoms. The van der Waals surface area contributed by atoms with Crippen molar-refractivity contribution < 1.29 is 0 Å². The number of hydrogen-bond acceptors (Lipinski definition) is 3. The summed E-state index contributed by atoms with van der Waals surface area (Å²) in [5.74, 6) is 0. The Balaban J connectivity index is 1.63. The van der Waals surface area contributed by atoms with E-state index in [4.69, 9.17) is 0 Å². The molecule has 1 aromatic carbocycles. The quantitative estimate of drug-likeness (QED) is 0.879. The minimum absolute atomic E-state index is 0.568. The molecule has 1 aromatic heterocycles. The van der Waals surface area contributed by atoms with E-state index in [-0.39, 0.29) is 0 Å². The van der Waals surface area contributed by atoms with Crippen LogP contribution in [0.3, 0.4) is 0 Å². The normalized spacial score (nSPS) is 19.0. The van der Waals surface area contributed by atoms with Crippen molar-refractivity contribution in [2.45, 2.75) is 45.6 Å². The lowest BCUT2D eigenvalue weighted by Gasteiger charge is -2.34. The summed E-state index contributed by atoms with van der Waals surface area (Å²) in [5, 5.41) is 3.76. The number of aromatic nitrogens is 2. The van der Waals surface area contributed by atoms with Gasteiger partial charge in [-0.3, -0.25) is 0 Å². The number of rotatable bonds is 6. The molecule has 1 aliphatic heterocycles. The van der Waals surface area contributed by atoms with Crippen LogP contribution in [0.5, 0.6) is 0 Å². The fourth-order valence-corrected chi connectivity index (χ4v) is 3.36. The molecule has 1 unspecified atom stereocenters. The van der Waals surface area contributed by atoms with Crippen molar-refractivity contribution in [1.82, 2.24) is 14.5 Å². The molecule has 23 heavy (non-hydrogen) atoms. The summed E-state index contributed by atoms with van der Waals surface area (Å²) in [6, 6.07) is 7.16. The average Bonchev–Trinajstić information content (AvgIpc) is 3.10. The van der Waals surface area contributed by atoms with E-state index < -0.39 is 0 Å². The predicted octanol–water partition coefficient (Wildman–Crippen LogP) is 3.86. The largest absolute Gasteiger partial charge is 0.381 e. The lowest BCUT2D eigenvalue weighted by molar-refractivity contribution is 0.213. The lowest BCUT2D eigenvalue weighted by Crippen LogP contribution is -2.42. The second-order valence-electron chi connectivity index (χ2n) is 6.61. The molecule has 124 valence electrons. The summed E-state index contributed by atoms with van der Waals surface area (Å²) in [5.41, 5.74) is 3.72. The zero-order valence-electron chi connectivity index (χ0n) is 14.3. The first kappa shape index (κ1) is 16.1. The second kappa shape index (κ2) is 7.64. The zero-order chi connectivity index (χ0) is 16.1. The monoisotopic (exact) mass is 312 g/mol. The molecule has 0 bridgehead atoms. The molecular formula is C19H28N4. The Bertz CT molecular complexity index is 606. The highest BCUT2D eigenvalue weighted by molar-refractivity contribution is 5.56. The van der Waals surface area contributed by atoms with Crippen LogP contribution in [-0.2, 0) is 0 Å². The molecule has 1 atom stereocenters.